The van der Waals surface area contributed by atoms with Crippen LogP contribution in [0.2, 0.25) is 0 Å². The fourth-order valence-electron chi connectivity index (χ4n) is 3.51. The largest absolute Gasteiger partial charge is 0.493 e. The Morgan fingerprint density at radius 2 is 1.96 bits per heavy atom. The molecule has 6 nitrogen and oxygen atoms in total. The molecule has 0 aromatic heterocycles. The van der Waals surface area contributed by atoms with E-state index in [0.717, 1.165) is 0 Å². The Balaban J connectivity index is 2.03. The number of amides is 1. The van der Waals surface area contributed by atoms with Crippen LogP contribution in [0.3, 0.4) is 0 Å². The van der Waals surface area contributed by atoms with E-state index in [1.165, 1.54) is 32.4 Å². The maximum Gasteiger partial charge on any atom is 0.439 e. The van der Waals surface area contributed by atoms with Crippen molar-refractivity contribution in [2.45, 2.75) is 37.6 Å². The quantitative estimate of drug-likeness (QED) is 0.886. The highest BCUT2D eigenvalue weighted by molar-refractivity contribution is 5.99. The summed E-state index contributed by atoms with van der Waals surface area (Å²) < 4.78 is 51.4. The third-order valence-corrected chi connectivity index (χ3v) is 4.86. The van der Waals surface area contributed by atoms with Gasteiger partial charge in [-0.05, 0) is 37.5 Å². The molecule has 1 amide bonds. The molecule has 1 heterocycles. The maximum atomic E-state index is 13.7. The van der Waals surface area contributed by atoms with Gasteiger partial charge < -0.3 is 14.6 Å². The minimum absolute atomic E-state index is 0.0895. The van der Waals surface area contributed by atoms with Crippen LogP contribution in [0, 0.1) is 5.92 Å². The van der Waals surface area contributed by atoms with Crippen LogP contribution in [-0.4, -0.2) is 47.9 Å². The summed E-state index contributed by atoms with van der Waals surface area (Å²) in [7, 11) is 2.75. The van der Waals surface area contributed by atoms with Gasteiger partial charge in [0.2, 0.25) is 0 Å². The molecule has 0 radical (unpaired) electrons. The van der Waals surface area contributed by atoms with E-state index in [0.29, 0.717) is 25.0 Å². The van der Waals surface area contributed by atoms with Crippen molar-refractivity contribution < 1.29 is 32.5 Å². The lowest BCUT2D eigenvalue weighted by Gasteiger charge is -2.38. The van der Waals surface area contributed by atoms with Gasteiger partial charge in [-0.1, -0.05) is 6.42 Å². The van der Waals surface area contributed by atoms with Crippen molar-refractivity contribution in [1.82, 2.24) is 5.01 Å². The van der Waals surface area contributed by atoms with E-state index in [4.69, 9.17) is 9.47 Å². The van der Waals surface area contributed by atoms with E-state index in [2.05, 4.69) is 5.10 Å². The molecule has 2 aliphatic rings. The molecule has 1 N–H and O–H groups in total. The number of carbonyl (C=O) groups is 1. The van der Waals surface area contributed by atoms with Gasteiger partial charge in [-0.25, -0.2) is 0 Å². The summed E-state index contributed by atoms with van der Waals surface area (Å²) >= 11 is 0. The first-order valence-corrected chi connectivity index (χ1v) is 8.17. The second-order valence-corrected chi connectivity index (χ2v) is 6.30. The number of hydrogen-bond acceptors (Lipinski definition) is 5. The zero-order valence-corrected chi connectivity index (χ0v) is 14.3. The minimum atomic E-state index is -5.04. The Labute approximate surface area is 148 Å². The number of carbonyl (C=O) groups excluding carboxylic acids is 1. The highest BCUT2D eigenvalue weighted by Gasteiger charge is 2.68. The first kappa shape index (κ1) is 18.5. The molecule has 0 bridgehead atoms. The standard InChI is InChI=1S/C17H19F3N2O4/c1-25-13-8-7-10(9-14(13)26-2)15(23)22-16(24,17(18,19)20)11-5-3-4-6-12(11)21-22/h7-9,11,24H,3-6H2,1-2H3/t11-,16+/m0/s1. The Kier molecular flexibility index (Phi) is 4.60. The molecule has 1 aromatic rings. The Hall–Kier alpha value is -2.29. The molecule has 1 aliphatic carbocycles. The molecular weight excluding hydrogens is 353 g/mol. The Morgan fingerprint density at radius 1 is 1.27 bits per heavy atom. The molecule has 2 atom stereocenters. The summed E-state index contributed by atoms with van der Waals surface area (Å²) in [6, 6.07) is 3.98. The third-order valence-electron chi connectivity index (χ3n) is 4.86. The molecule has 1 fully saturated rings. The van der Waals surface area contributed by atoms with E-state index >= 15 is 0 Å². The summed E-state index contributed by atoms with van der Waals surface area (Å²) in [6.45, 7) is 0. The number of hydrogen-bond donors (Lipinski definition) is 1. The van der Waals surface area contributed by atoms with Crippen LogP contribution >= 0.6 is 0 Å². The van der Waals surface area contributed by atoms with Gasteiger partial charge in [0.05, 0.1) is 20.1 Å². The lowest BCUT2D eigenvalue weighted by atomic mass is 9.80. The first-order chi connectivity index (χ1) is 12.2. The predicted octanol–water partition coefficient (Wildman–Crippen LogP) is 2.96. The smallest absolute Gasteiger partial charge is 0.439 e. The van der Waals surface area contributed by atoms with Crippen molar-refractivity contribution in [2.24, 2.45) is 11.0 Å². The van der Waals surface area contributed by atoms with Gasteiger partial charge in [-0.2, -0.15) is 23.3 Å². The number of methoxy groups -OCH3 is 2. The molecular formula is C17H19F3N2O4. The number of ether oxygens (including phenoxy) is 2. The predicted molar refractivity (Wildman–Crippen MR) is 86.1 cm³/mol. The summed E-state index contributed by atoms with van der Waals surface area (Å²) in [5.41, 5.74) is -3.22. The minimum Gasteiger partial charge on any atom is -0.493 e. The van der Waals surface area contributed by atoms with Crippen LogP contribution in [0.15, 0.2) is 23.3 Å². The lowest BCUT2D eigenvalue weighted by molar-refractivity contribution is -0.312. The van der Waals surface area contributed by atoms with Gasteiger partial charge in [-0.15, -0.1) is 0 Å². The molecule has 0 saturated heterocycles. The molecule has 9 heteroatoms. The second kappa shape index (κ2) is 6.46. The van der Waals surface area contributed by atoms with Crippen LogP contribution < -0.4 is 9.47 Å². The number of rotatable bonds is 3. The van der Waals surface area contributed by atoms with E-state index in [1.54, 1.807) is 0 Å². The molecule has 26 heavy (non-hydrogen) atoms. The third kappa shape index (κ3) is 2.70. The molecule has 1 saturated carbocycles. The molecule has 1 aliphatic heterocycles. The zero-order chi connectivity index (χ0) is 19.1. The summed E-state index contributed by atoms with van der Waals surface area (Å²) in [5.74, 6) is -1.76. The average molecular weight is 372 g/mol. The molecule has 0 spiro atoms. The number of nitrogens with zero attached hydrogens (tertiary/aromatic N) is 2. The van der Waals surface area contributed by atoms with E-state index < -0.39 is 23.7 Å². The molecule has 1 aromatic carbocycles. The number of fused-ring (bicyclic) bond motifs is 1. The average Bonchev–Trinajstić information content (AvgIpc) is 2.94. The van der Waals surface area contributed by atoms with Crippen molar-refractivity contribution >= 4 is 11.6 Å². The zero-order valence-electron chi connectivity index (χ0n) is 14.3. The fraction of sp³-hybridized carbons (Fsp3) is 0.529. The van der Waals surface area contributed by atoms with E-state index in [-0.39, 0.29) is 28.5 Å². The van der Waals surface area contributed by atoms with Crippen molar-refractivity contribution in [2.75, 3.05) is 14.2 Å². The SMILES string of the molecule is COc1ccc(C(=O)N2N=C3CCCC[C@@H]3[C@@]2(O)C(F)(F)F)cc1OC. The van der Waals surface area contributed by atoms with Gasteiger partial charge in [0.25, 0.3) is 11.6 Å². The number of hydrazone groups is 1. The van der Waals surface area contributed by atoms with Crippen molar-refractivity contribution in [3.8, 4) is 11.5 Å². The topological polar surface area (TPSA) is 71.4 Å². The number of alkyl halides is 3. The summed E-state index contributed by atoms with van der Waals surface area (Å²) in [6.07, 6.45) is -3.35. The number of benzene rings is 1. The van der Waals surface area contributed by atoms with Crippen LogP contribution in [-0.2, 0) is 0 Å². The highest BCUT2D eigenvalue weighted by atomic mass is 19.4. The highest BCUT2D eigenvalue weighted by Crippen LogP contribution is 2.48. The summed E-state index contributed by atoms with van der Waals surface area (Å²) in [5, 5.41) is 14.6. The van der Waals surface area contributed by atoms with E-state index in [1.807, 2.05) is 0 Å². The molecule has 0 unspecified atom stereocenters. The van der Waals surface area contributed by atoms with Crippen LogP contribution in [0.4, 0.5) is 13.2 Å². The van der Waals surface area contributed by atoms with Gasteiger partial charge in [0.1, 0.15) is 0 Å². The Bertz CT molecular complexity index is 750. The fourth-order valence-corrected chi connectivity index (χ4v) is 3.51. The number of halogens is 3. The van der Waals surface area contributed by atoms with Gasteiger partial charge >= 0.3 is 6.18 Å². The molecule has 142 valence electrons. The van der Waals surface area contributed by atoms with Crippen molar-refractivity contribution in [3.63, 3.8) is 0 Å². The Morgan fingerprint density at radius 3 is 2.58 bits per heavy atom. The van der Waals surface area contributed by atoms with Crippen LogP contribution in [0.25, 0.3) is 0 Å². The number of aliphatic hydroxyl groups is 1. The van der Waals surface area contributed by atoms with Gasteiger partial charge in [-0.3, -0.25) is 4.79 Å². The summed E-state index contributed by atoms with van der Waals surface area (Å²) in [4.78, 5) is 12.8. The van der Waals surface area contributed by atoms with Crippen molar-refractivity contribution in [1.29, 1.82) is 0 Å². The van der Waals surface area contributed by atoms with E-state index in [9.17, 15) is 23.1 Å². The van der Waals surface area contributed by atoms with Gasteiger partial charge in [0, 0.05) is 11.3 Å². The van der Waals surface area contributed by atoms with Crippen molar-refractivity contribution in [3.05, 3.63) is 23.8 Å². The maximum absolute atomic E-state index is 13.7. The van der Waals surface area contributed by atoms with Crippen LogP contribution in [0.1, 0.15) is 36.0 Å². The molecule has 3 rings (SSSR count). The first-order valence-electron chi connectivity index (χ1n) is 8.17. The van der Waals surface area contributed by atoms with Crippen LogP contribution in [0.5, 0.6) is 11.5 Å². The monoisotopic (exact) mass is 372 g/mol. The van der Waals surface area contributed by atoms with Gasteiger partial charge in [0.15, 0.2) is 11.5 Å². The second-order valence-electron chi connectivity index (χ2n) is 6.30. The normalized spacial score (nSPS) is 25.5. The lowest BCUT2D eigenvalue weighted by Crippen LogP contribution is -2.61.